The number of thiophene rings is 1. The van der Waals surface area contributed by atoms with Crippen molar-refractivity contribution in [1.29, 1.82) is 0 Å². The Bertz CT molecular complexity index is 637. The van der Waals surface area contributed by atoms with Crippen LogP contribution in [0.15, 0.2) is 41.8 Å². The maximum atomic E-state index is 12.4. The van der Waals surface area contributed by atoms with E-state index in [9.17, 15) is 9.59 Å². The zero-order chi connectivity index (χ0) is 16.7. The van der Waals surface area contributed by atoms with Gasteiger partial charge in [-0.15, -0.1) is 11.3 Å². The molecule has 1 N–H and O–H groups in total. The van der Waals surface area contributed by atoms with Crippen LogP contribution in [0.4, 0.5) is 0 Å². The van der Waals surface area contributed by atoms with Gasteiger partial charge < -0.3 is 14.8 Å². The monoisotopic (exact) mass is 333 g/mol. The molecule has 0 saturated carbocycles. The summed E-state index contributed by atoms with van der Waals surface area (Å²) >= 11 is 1.49. The van der Waals surface area contributed by atoms with Crippen LogP contribution in [-0.2, 0) is 20.9 Å². The summed E-state index contributed by atoms with van der Waals surface area (Å²) in [5, 5.41) is 4.80. The molecule has 0 fully saturated rings. The summed E-state index contributed by atoms with van der Waals surface area (Å²) in [5.74, 6) is -0.588. The zero-order valence-electron chi connectivity index (χ0n) is 13.1. The van der Waals surface area contributed by atoms with Crippen LogP contribution < -0.4 is 5.32 Å². The fraction of sp³-hybridized carbons (Fsp3) is 0.294. The molecule has 1 atom stereocenters. The van der Waals surface area contributed by atoms with E-state index in [0.717, 1.165) is 10.4 Å². The summed E-state index contributed by atoms with van der Waals surface area (Å²) in [6.07, 6.45) is 0.102. The van der Waals surface area contributed by atoms with Crippen molar-refractivity contribution in [2.24, 2.45) is 0 Å². The van der Waals surface area contributed by atoms with Gasteiger partial charge in [0, 0.05) is 17.6 Å². The minimum absolute atomic E-state index is 0.102. The van der Waals surface area contributed by atoms with Gasteiger partial charge in [-0.2, -0.15) is 0 Å². The lowest BCUT2D eigenvalue weighted by Crippen LogP contribution is -2.30. The molecule has 0 aliphatic heterocycles. The van der Waals surface area contributed by atoms with Crippen molar-refractivity contribution in [1.82, 2.24) is 5.32 Å². The Morgan fingerprint density at radius 1 is 1.17 bits per heavy atom. The lowest BCUT2D eigenvalue weighted by atomic mass is 10.1. The lowest BCUT2D eigenvalue weighted by Gasteiger charge is -2.16. The van der Waals surface area contributed by atoms with Crippen molar-refractivity contribution in [2.45, 2.75) is 19.1 Å². The van der Waals surface area contributed by atoms with E-state index in [-0.39, 0.29) is 18.3 Å². The maximum absolute atomic E-state index is 12.4. The summed E-state index contributed by atoms with van der Waals surface area (Å²) < 4.78 is 9.76. The topological polar surface area (TPSA) is 64.6 Å². The van der Waals surface area contributed by atoms with E-state index in [1.807, 2.05) is 29.6 Å². The molecule has 0 aliphatic carbocycles. The van der Waals surface area contributed by atoms with Crippen molar-refractivity contribution in [2.75, 3.05) is 14.2 Å². The van der Waals surface area contributed by atoms with E-state index in [4.69, 9.17) is 9.47 Å². The largest absolute Gasteiger partial charge is 0.469 e. The third kappa shape index (κ3) is 4.91. The number of methoxy groups -OCH3 is 2. The number of benzene rings is 1. The summed E-state index contributed by atoms with van der Waals surface area (Å²) in [7, 11) is 2.96. The molecule has 122 valence electrons. The molecule has 0 saturated heterocycles. The number of carbonyl (C=O) groups is 2. The summed E-state index contributed by atoms with van der Waals surface area (Å²) in [6.45, 7) is 0.502. The molecule has 0 radical (unpaired) electrons. The highest BCUT2D eigenvalue weighted by Crippen LogP contribution is 2.23. The van der Waals surface area contributed by atoms with E-state index in [0.29, 0.717) is 12.2 Å². The van der Waals surface area contributed by atoms with E-state index in [1.165, 1.54) is 18.4 Å². The number of nitrogens with one attached hydrogen (secondary N) is 1. The molecule has 1 aromatic heterocycles. The van der Waals surface area contributed by atoms with Gasteiger partial charge in [0.25, 0.3) is 5.91 Å². The Morgan fingerprint density at radius 3 is 2.48 bits per heavy atom. The second-order valence-electron chi connectivity index (χ2n) is 4.95. The minimum atomic E-state index is -0.395. The second-order valence-corrected chi connectivity index (χ2v) is 5.93. The normalized spacial score (nSPS) is 11.7. The molecule has 0 bridgehead atoms. The van der Waals surface area contributed by atoms with Gasteiger partial charge in [-0.1, -0.05) is 18.2 Å². The molecule has 1 unspecified atom stereocenters. The Labute approximate surface area is 139 Å². The summed E-state index contributed by atoms with van der Waals surface area (Å²) in [5.41, 5.74) is 1.53. The quantitative estimate of drug-likeness (QED) is 0.791. The van der Waals surface area contributed by atoms with Crippen LogP contribution in [0.1, 0.15) is 33.3 Å². The first kappa shape index (κ1) is 17.2. The molecule has 23 heavy (non-hydrogen) atoms. The second kappa shape index (κ2) is 8.45. The maximum Gasteiger partial charge on any atom is 0.307 e. The molecule has 1 heterocycles. The van der Waals surface area contributed by atoms with Crippen LogP contribution in [-0.4, -0.2) is 26.1 Å². The minimum Gasteiger partial charge on any atom is -0.469 e. The van der Waals surface area contributed by atoms with Gasteiger partial charge in [-0.3, -0.25) is 9.59 Å². The molecular formula is C17H19NO4S. The van der Waals surface area contributed by atoms with Gasteiger partial charge in [0.1, 0.15) is 0 Å². The van der Waals surface area contributed by atoms with E-state index < -0.39 is 6.04 Å². The van der Waals surface area contributed by atoms with Gasteiger partial charge >= 0.3 is 5.97 Å². The number of hydrogen-bond donors (Lipinski definition) is 1. The molecule has 0 aliphatic rings. The lowest BCUT2D eigenvalue weighted by molar-refractivity contribution is -0.141. The smallest absolute Gasteiger partial charge is 0.307 e. The molecule has 2 rings (SSSR count). The molecule has 2 aromatic rings. The molecule has 0 spiro atoms. The van der Waals surface area contributed by atoms with Crippen molar-refractivity contribution in [3.63, 3.8) is 0 Å². The van der Waals surface area contributed by atoms with Crippen molar-refractivity contribution in [3.8, 4) is 0 Å². The number of amides is 1. The number of rotatable bonds is 7. The fourth-order valence-electron chi connectivity index (χ4n) is 2.12. The Hall–Kier alpha value is -2.18. The molecule has 6 heteroatoms. The van der Waals surface area contributed by atoms with Crippen LogP contribution in [0.2, 0.25) is 0 Å². The predicted molar refractivity (Wildman–Crippen MR) is 88.3 cm³/mol. The van der Waals surface area contributed by atoms with Gasteiger partial charge in [-0.05, 0) is 29.1 Å². The summed E-state index contributed by atoms with van der Waals surface area (Å²) in [6, 6.07) is 10.6. The predicted octanol–water partition coefficient (Wildman–Crippen LogP) is 2.93. The average Bonchev–Trinajstić information content (AvgIpc) is 3.09. The Kier molecular flexibility index (Phi) is 6.31. The molecular weight excluding hydrogens is 314 g/mol. The molecule has 5 nitrogen and oxygen atoms in total. The van der Waals surface area contributed by atoms with Crippen molar-refractivity contribution in [3.05, 3.63) is 57.8 Å². The number of ether oxygens (including phenoxy) is 2. The van der Waals surface area contributed by atoms with Crippen LogP contribution >= 0.6 is 11.3 Å². The number of esters is 1. The van der Waals surface area contributed by atoms with Gasteiger partial charge in [0.05, 0.1) is 26.2 Å². The Morgan fingerprint density at radius 2 is 1.91 bits per heavy atom. The third-order valence-corrected chi connectivity index (χ3v) is 4.30. The van der Waals surface area contributed by atoms with Crippen LogP contribution in [0, 0.1) is 0 Å². The Balaban J connectivity index is 2.09. The summed E-state index contributed by atoms with van der Waals surface area (Å²) in [4.78, 5) is 24.9. The first-order valence-corrected chi connectivity index (χ1v) is 8.01. The standard InChI is InChI=1S/C17H19NO4S/c1-21-11-12-5-7-13(8-6-12)17(20)18-14(10-16(19)22-2)15-4-3-9-23-15/h3-9,14H,10-11H2,1-2H3,(H,18,20). The molecule has 1 aromatic carbocycles. The van der Waals surface area contributed by atoms with Gasteiger partial charge in [0.2, 0.25) is 0 Å². The van der Waals surface area contributed by atoms with E-state index in [1.54, 1.807) is 19.2 Å². The van der Waals surface area contributed by atoms with E-state index in [2.05, 4.69) is 5.32 Å². The van der Waals surface area contributed by atoms with Crippen LogP contribution in [0.5, 0.6) is 0 Å². The molecule has 1 amide bonds. The van der Waals surface area contributed by atoms with E-state index >= 15 is 0 Å². The number of carbonyl (C=O) groups excluding carboxylic acids is 2. The van der Waals surface area contributed by atoms with Crippen molar-refractivity contribution < 1.29 is 19.1 Å². The third-order valence-electron chi connectivity index (χ3n) is 3.32. The van der Waals surface area contributed by atoms with Crippen LogP contribution in [0.25, 0.3) is 0 Å². The van der Waals surface area contributed by atoms with Crippen molar-refractivity contribution >= 4 is 23.2 Å². The van der Waals surface area contributed by atoms with Gasteiger partial charge in [0.15, 0.2) is 0 Å². The first-order valence-electron chi connectivity index (χ1n) is 7.13. The van der Waals surface area contributed by atoms with Gasteiger partial charge in [-0.25, -0.2) is 0 Å². The highest BCUT2D eigenvalue weighted by Gasteiger charge is 2.20. The SMILES string of the molecule is COCc1ccc(C(=O)NC(CC(=O)OC)c2cccs2)cc1. The first-order chi connectivity index (χ1) is 11.1. The average molecular weight is 333 g/mol. The highest BCUT2D eigenvalue weighted by molar-refractivity contribution is 7.10. The van der Waals surface area contributed by atoms with Crippen LogP contribution in [0.3, 0.4) is 0 Å². The fourth-order valence-corrected chi connectivity index (χ4v) is 2.90. The number of hydrogen-bond acceptors (Lipinski definition) is 5. The zero-order valence-corrected chi connectivity index (χ0v) is 13.9. The highest BCUT2D eigenvalue weighted by atomic mass is 32.1.